The minimum Gasteiger partial charge on any atom is -0.392 e. The Morgan fingerprint density at radius 3 is 2.58 bits per heavy atom. The Bertz CT molecular complexity index is 574. The molecule has 0 unspecified atom stereocenters. The quantitative estimate of drug-likeness (QED) is 0.924. The predicted molar refractivity (Wildman–Crippen MR) is 75.9 cm³/mol. The first-order chi connectivity index (χ1) is 9.11. The number of hydrogen-bond acceptors (Lipinski definition) is 2. The van der Waals surface area contributed by atoms with Gasteiger partial charge in [-0.1, -0.05) is 35.9 Å². The molecule has 0 saturated heterocycles. The Balaban J connectivity index is 2.21. The van der Waals surface area contributed by atoms with Gasteiger partial charge in [0.25, 0.3) is 0 Å². The van der Waals surface area contributed by atoms with Crippen molar-refractivity contribution in [3.8, 4) is 0 Å². The summed E-state index contributed by atoms with van der Waals surface area (Å²) < 4.78 is 13.6. The standard InChI is InChI=1S/C15H15ClFNO/c1-18(9-12-4-2-3-5-14(12)17)15-7-6-11(10-19)8-13(15)16/h2-8,19H,9-10H2,1H3. The highest BCUT2D eigenvalue weighted by Gasteiger charge is 2.09. The SMILES string of the molecule is CN(Cc1ccccc1F)c1ccc(CO)cc1Cl. The Kier molecular flexibility index (Phi) is 4.40. The smallest absolute Gasteiger partial charge is 0.128 e. The minimum atomic E-state index is -0.225. The number of nitrogens with zero attached hydrogens (tertiary/aromatic N) is 1. The third-order valence-electron chi connectivity index (χ3n) is 2.97. The summed E-state index contributed by atoms with van der Waals surface area (Å²) in [5.41, 5.74) is 2.18. The maximum atomic E-state index is 13.6. The van der Waals surface area contributed by atoms with Gasteiger partial charge in [0, 0.05) is 19.2 Å². The maximum absolute atomic E-state index is 13.6. The van der Waals surface area contributed by atoms with Crippen LogP contribution in [0.4, 0.5) is 10.1 Å². The zero-order chi connectivity index (χ0) is 13.8. The molecule has 0 heterocycles. The Morgan fingerprint density at radius 2 is 1.95 bits per heavy atom. The van der Waals surface area contributed by atoms with Gasteiger partial charge in [-0.2, -0.15) is 0 Å². The van der Waals surface area contributed by atoms with Gasteiger partial charge in [0.2, 0.25) is 0 Å². The predicted octanol–water partition coefficient (Wildman–Crippen LogP) is 3.61. The van der Waals surface area contributed by atoms with Crippen LogP contribution in [-0.4, -0.2) is 12.2 Å². The van der Waals surface area contributed by atoms with Crippen molar-refractivity contribution in [2.45, 2.75) is 13.2 Å². The van der Waals surface area contributed by atoms with Crippen LogP contribution in [0.5, 0.6) is 0 Å². The van der Waals surface area contributed by atoms with Crippen molar-refractivity contribution in [3.05, 3.63) is 64.4 Å². The summed E-state index contributed by atoms with van der Waals surface area (Å²) >= 11 is 6.16. The van der Waals surface area contributed by atoms with Crippen molar-refractivity contribution >= 4 is 17.3 Å². The van der Waals surface area contributed by atoms with E-state index in [0.717, 1.165) is 11.3 Å². The lowest BCUT2D eigenvalue weighted by Crippen LogP contribution is -2.17. The lowest BCUT2D eigenvalue weighted by Gasteiger charge is -2.21. The highest BCUT2D eigenvalue weighted by molar-refractivity contribution is 6.33. The summed E-state index contributed by atoms with van der Waals surface area (Å²) in [6.07, 6.45) is 0. The van der Waals surface area contributed by atoms with Crippen LogP contribution >= 0.6 is 11.6 Å². The summed E-state index contributed by atoms with van der Waals surface area (Å²) in [6.45, 7) is 0.391. The van der Waals surface area contributed by atoms with Crippen LogP contribution in [0.3, 0.4) is 0 Å². The molecule has 0 bridgehead atoms. The van der Waals surface area contributed by atoms with Crippen molar-refractivity contribution < 1.29 is 9.50 Å². The molecule has 4 heteroatoms. The molecular weight excluding hydrogens is 265 g/mol. The van der Waals surface area contributed by atoms with E-state index < -0.39 is 0 Å². The molecule has 19 heavy (non-hydrogen) atoms. The largest absolute Gasteiger partial charge is 0.392 e. The number of hydrogen-bond donors (Lipinski definition) is 1. The first-order valence-corrected chi connectivity index (χ1v) is 6.33. The zero-order valence-electron chi connectivity index (χ0n) is 10.6. The van der Waals surface area contributed by atoms with Crippen molar-refractivity contribution in [1.82, 2.24) is 0 Å². The van der Waals surface area contributed by atoms with Crippen LogP contribution in [-0.2, 0) is 13.2 Å². The number of aliphatic hydroxyl groups is 1. The van der Waals surface area contributed by atoms with Crippen LogP contribution in [0, 0.1) is 5.82 Å². The summed E-state index contributed by atoms with van der Waals surface area (Å²) in [6, 6.07) is 12.0. The molecule has 0 spiro atoms. The fourth-order valence-corrected chi connectivity index (χ4v) is 2.27. The fourth-order valence-electron chi connectivity index (χ4n) is 1.93. The van der Waals surface area contributed by atoms with E-state index in [4.69, 9.17) is 16.7 Å². The molecule has 0 atom stereocenters. The van der Waals surface area contributed by atoms with E-state index in [0.29, 0.717) is 17.1 Å². The molecule has 2 nitrogen and oxygen atoms in total. The number of halogens is 2. The second-order valence-corrected chi connectivity index (χ2v) is 4.80. The zero-order valence-corrected chi connectivity index (χ0v) is 11.4. The second kappa shape index (κ2) is 6.04. The van der Waals surface area contributed by atoms with Gasteiger partial charge >= 0.3 is 0 Å². The van der Waals surface area contributed by atoms with Gasteiger partial charge in [-0.05, 0) is 23.8 Å². The third-order valence-corrected chi connectivity index (χ3v) is 3.27. The molecule has 0 aliphatic rings. The molecule has 0 saturated carbocycles. The van der Waals surface area contributed by atoms with Gasteiger partial charge in [0.05, 0.1) is 17.3 Å². The molecule has 0 aliphatic carbocycles. The highest BCUT2D eigenvalue weighted by atomic mass is 35.5. The van der Waals surface area contributed by atoms with Crippen LogP contribution in [0.15, 0.2) is 42.5 Å². The van der Waals surface area contributed by atoms with Crippen LogP contribution in [0.25, 0.3) is 0 Å². The molecule has 0 fully saturated rings. The van der Waals surface area contributed by atoms with Crippen LogP contribution in [0.2, 0.25) is 5.02 Å². The van der Waals surface area contributed by atoms with E-state index in [-0.39, 0.29) is 12.4 Å². The van der Waals surface area contributed by atoms with Crippen molar-refractivity contribution in [2.24, 2.45) is 0 Å². The first-order valence-electron chi connectivity index (χ1n) is 5.95. The number of anilines is 1. The maximum Gasteiger partial charge on any atom is 0.128 e. The van der Waals surface area contributed by atoms with Gasteiger partial charge in [-0.15, -0.1) is 0 Å². The van der Waals surface area contributed by atoms with Gasteiger partial charge < -0.3 is 10.0 Å². The number of rotatable bonds is 4. The van der Waals surface area contributed by atoms with Gasteiger partial charge in [-0.3, -0.25) is 0 Å². The lowest BCUT2D eigenvalue weighted by molar-refractivity contribution is 0.282. The summed E-state index contributed by atoms with van der Waals surface area (Å²) in [4.78, 5) is 1.88. The Labute approximate surface area is 117 Å². The molecule has 0 aliphatic heterocycles. The second-order valence-electron chi connectivity index (χ2n) is 4.39. The molecule has 0 radical (unpaired) electrons. The average molecular weight is 280 g/mol. The molecule has 0 amide bonds. The molecule has 2 rings (SSSR count). The van der Waals surface area contributed by atoms with Crippen molar-refractivity contribution in [1.29, 1.82) is 0 Å². The van der Waals surface area contributed by atoms with Gasteiger partial charge in [-0.25, -0.2) is 4.39 Å². The number of aliphatic hydroxyl groups excluding tert-OH is 1. The highest BCUT2D eigenvalue weighted by Crippen LogP contribution is 2.27. The first kappa shape index (κ1) is 13.8. The molecule has 2 aromatic carbocycles. The summed E-state index contributed by atoms with van der Waals surface area (Å²) in [5, 5.41) is 9.59. The van der Waals surface area contributed by atoms with Crippen LogP contribution < -0.4 is 4.90 Å². The van der Waals surface area contributed by atoms with E-state index in [2.05, 4.69) is 0 Å². The Morgan fingerprint density at radius 1 is 1.21 bits per heavy atom. The number of benzene rings is 2. The van der Waals surface area contributed by atoms with E-state index >= 15 is 0 Å². The molecule has 1 N–H and O–H groups in total. The normalized spacial score (nSPS) is 10.5. The molecular formula is C15H15ClFNO. The Hall–Kier alpha value is -1.58. The van der Waals surface area contributed by atoms with E-state index in [1.54, 1.807) is 24.3 Å². The van der Waals surface area contributed by atoms with Crippen molar-refractivity contribution in [2.75, 3.05) is 11.9 Å². The average Bonchev–Trinajstić information content (AvgIpc) is 2.41. The monoisotopic (exact) mass is 279 g/mol. The lowest BCUT2D eigenvalue weighted by atomic mass is 10.1. The summed E-state index contributed by atoms with van der Waals surface area (Å²) in [5.74, 6) is -0.225. The molecule has 100 valence electrons. The summed E-state index contributed by atoms with van der Waals surface area (Å²) in [7, 11) is 1.85. The van der Waals surface area contributed by atoms with Crippen molar-refractivity contribution in [3.63, 3.8) is 0 Å². The molecule has 0 aromatic heterocycles. The van der Waals surface area contributed by atoms with Crippen LogP contribution in [0.1, 0.15) is 11.1 Å². The van der Waals surface area contributed by atoms with E-state index in [9.17, 15) is 4.39 Å². The van der Waals surface area contributed by atoms with E-state index in [1.807, 2.05) is 24.1 Å². The van der Waals surface area contributed by atoms with Gasteiger partial charge in [0.1, 0.15) is 5.82 Å². The van der Waals surface area contributed by atoms with Gasteiger partial charge in [0.15, 0.2) is 0 Å². The fraction of sp³-hybridized carbons (Fsp3) is 0.200. The topological polar surface area (TPSA) is 23.5 Å². The minimum absolute atomic E-state index is 0.0446. The van der Waals surface area contributed by atoms with E-state index in [1.165, 1.54) is 6.07 Å². The third kappa shape index (κ3) is 3.25. The molecule has 2 aromatic rings.